The summed E-state index contributed by atoms with van der Waals surface area (Å²) in [7, 11) is 0. The van der Waals surface area contributed by atoms with Gasteiger partial charge in [0.15, 0.2) is 0 Å². The fraction of sp³-hybridized carbons (Fsp3) is 0. The van der Waals surface area contributed by atoms with E-state index in [2.05, 4.69) is 0 Å². The van der Waals surface area contributed by atoms with Gasteiger partial charge in [-0.2, -0.15) is 5.26 Å². The van der Waals surface area contributed by atoms with Crippen molar-refractivity contribution < 1.29 is 4.39 Å². The molecule has 0 unspecified atom stereocenters. The van der Waals surface area contributed by atoms with Crippen molar-refractivity contribution in [2.45, 2.75) is 0 Å². The highest BCUT2D eigenvalue weighted by Crippen LogP contribution is 2.20. The molecule has 2 rings (SSSR count). The Balaban J connectivity index is 2.46. The average molecular weight is 223 g/mol. The van der Waals surface area contributed by atoms with E-state index in [9.17, 15) is 4.39 Å². The highest BCUT2D eigenvalue weighted by atomic mass is 19.1. The van der Waals surface area contributed by atoms with Crippen LogP contribution in [-0.2, 0) is 0 Å². The van der Waals surface area contributed by atoms with E-state index in [1.807, 2.05) is 36.4 Å². The summed E-state index contributed by atoms with van der Waals surface area (Å²) >= 11 is 0. The summed E-state index contributed by atoms with van der Waals surface area (Å²) in [5.74, 6) is -0.378. The molecule has 0 N–H and O–H groups in total. The van der Waals surface area contributed by atoms with Gasteiger partial charge in [-0.1, -0.05) is 48.5 Å². The molecular weight excluding hydrogens is 213 g/mol. The predicted molar refractivity (Wildman–Crippen MR) is 66.3 cm³/mol. The molecule has 2 heteroatoms. The Labute approximate surface area is 99.5 Å². The van der Waals surface area contributed by atoms with Gasteiger partial charge >= 0.3 is 0 Å². The highest BCUT2D eigenvalue weighted by molar-refractivity contribution is 5.89. The second kappa shape index (κ2) is 5.09. The first-order valence-corrected chi connectivity index (χ1v) is 5.23. The quantitative estimate of drug-likeness (QED) is 0.559. The molecule has 2 aromatic rings. The summed E-state index contributed by atoms with van der Waals surface area (Å²) in [5.41, 5.74) is 1.54. The van der Waals surface area contributed by atoms with E-state index < -0.39 is 0 Å². The van der Waals surface area contributed by atoms with Crippen LogP contribution in [0.1, 0.15) is 11.1 Å². The summed E-state index contributed by atoms with van der Waals surface area (Å²) in [6, 6.07) is 17.7. The molecule has 0 spiro atoms. The fourth-order valence-corrected chi connectivity index (χ4v) is 1.57. The zero-order valence-corrected chi connectivity index (χ0v) is 9.10. The average Bonchev–Trinajstić information content (AvgIpc) is 2.38. The summed E-state index contributed by atoms with van der Waals surface area (Å²) in [4.78, 5) is 0. The van der Waals surface area contributed by atoms with Crippen LogP contribution in [0.3, 0.4) is 0 Å². The Morgan fingerprint density at radius 1 is 1.00 bits per heavy atom. The first-order chi connectivity index (χ1) is 8.31. The second-order valence-corrected chi connectivity index (χ2v) is 3.56. The number of hydrogen-bond acceptors (Lipinski definition) is 1. The molecule has 0 amide bonds. The Kier molecular flexibility index (Phi) is 3.32. The molecule has 2 aromatic carbocycles. The Morgan fingerprint density at radius 3 is 2.29 bits per heavy atom. The number of nitriles is 1. The van der Waals surface area contributed by atoms with Crippen molar-refractivity contribution in [3.05, 3.63) is 71.5 Å². The molecule has 0 atom stereocenters. The smallest absolute Gasteiger partial charge is 0.131 e. The van der Waals surface area contributed by atoms with E-state index in [-0.39, 0.29) is 5.82 Å². The topological polar surface area (TPSA) is 23.8 Å². The van der Waals surface area contributed by atoms with E-state index in [0.717, 1.165) is 5.56 Å². The van der Waals surface area contributed by atoms with Gasteiger partial charge in [-0.25, -0.2) is 4.39 Å². The monoisotopic (exact) mass is 223 g/mol. The normalized spacial score (nSPS) is 10.9. The van der Waals surface area contributed by atoms with Gasteiger partial charge in [0.05, 0.1) is 11.6 Å². The van der Waals surface area contributed by atoms with Crippen LogP contribution in [0.25, 0.3) is 11.6 Å². The summed E-state index contributed by atoms with van der Waals surface area (Å²) in [5, 5.41) is 9.08. The van der Waals surface area contributed by atoms with Gasteiger partial charge in [0.25, 0.3) is 0 Å². The standard InChI is InChI=1S/C15H10FN/c16-15-9-5-4-8-14(15)13(11-17)10-12-6-2-1-3-7-12/h1-10H/b13-10-. The Morgan fingerprint density at radius 2 is 1.65 bits per heavy atom. The van der Waals surface area contributed by atoms with Gasteiger partial charge in [-0.3, -0.25) is 0 Å². The van der Waals surface area contributed by atoms with Gasteiger partial charge in [-0.05, 0) is 17.7 Å². The predicted octanol–water partition coefficient (Wildman–Crippen LogP) is 3.89. The molecule has 82 valence electrons. The molecular formula is C15H10FN. The molecule has 0 aliphatic rings. The van der Waals surface area contributed by atoms with Crippen LogP contribution >= 0.6 is 0 Å². The number of rotatable bonds is 2. The maximum atomic E-state index is 13.5. The van der Waals surface area contributed by atoms with Crippen LogP contribution in [0.15, 0.2) is 54.6 Å². The molecule has 0 aliphatic heterocycles. The largest absolute Gasteiger partial charge is 0.206 e. The van der Waals surface area contributed by atoms with Gasteiger partial charge in [0.1, 0.15) is 5.82 Å². The third-order valence-corrected chi connectivity index (χ3v) is 2.40. The van der Waals surface area contributed by atoms with E-state index >= 15 is 0 Å². The lowest BCUT2D eigenvalue weighted by Gasteiger charge is -2.01. The lowest BCUT2D eigenvalue weighted by atomic mass is 10.0. The van der Waals surface area contributed by atoms with E-state index in [4.69, 9.17) is 5.26 Å². The van der Waals surface area contributed by atoms with Crippen LogP contribution in [-0.4, -0.2) is 0 Å². The molecule has 0 saturated heterocycles. The maximum absolute atomic E-state index is 13.5. The van der Waals surface area contributed by atoms with E-state index in [1.165, 1.54) is 6.07 Å². The molecule has 0 aliphatic carbocycles. The van der Waals surface area contributed by atoms with Crippen LogP contribution in [0.5, 0.6) is 0 Å². The molecule has 0 saturated carbocycles. The number of benzene rings is 2. The fourth-order valence-electron chi connectivity index (χ4n) is 1.57. The van der Waals surface area contributed by atoms with Crippen molar-refractivity contribution in [3.63, 3.8) is 0 Å². The van der Waals surface area contributed by atoms with Crippen molar-refractivity contribution in [3.8, 4) is 6.07 Å². The number of hydrogen-bond donors (Lipinski definition) is 0. The second-order valence-electron chi connectivity index (χ2n) is 3.56. The minimum Gasteiger partial charge on any atom is -0.206 e. The van der Waals surface area contributed by atoms with Crippen molar-refractivity contribution in [2.24, 2.45) is 0 Å². The highest BCUT2D eigenvalue weighted by Gasteiger charge is 2.06. The Hall–Kier alpha value is -2.40. The van der Waals surface area contributed by atoms with Gasteiger partial charge in [0, 0.05) is 5.56 Å². The summed E-state index contributed by atoms with van der Waals surface area (Å²) in [6.07, 6.45) is 1.68. The van der Waals surface area contributed by atoms with E-state index in [1.54, 1.807) is 24.3 Å². The zero-order chi connectivity index (χ0) is 12.1. The molecule has 0 fully saturated rings. The Bertz CT molecular complexity index is 579. The van der Waals surface area contributed by atoms with Crippen LogP contribution in [0.2, 0.25) is 0 Å². The molecule has 0 aromatic heterocycles. The third-order valence-electron chi connectivity index (χ3n) is 2.40. The summed E-state index contributed by atoms with van der Waals surface area (Å²) < 4.78 is 13.5. The van der Waals surface area contributed by atoms with Crippen molar-refractivity contribution in [1.82, 2.24) is 0 Å². The first-order valence-electron chi connectivity index (χ1n) is 5.23. The van der Waals surface area contributed by atoms with Gasteiger partial charge in [-0.15, -0.1) is 0 Å². The molecule has 17 heavy (non-hydrogen) atoms. The lowest BCUT2D eigenvalue weighted by Crippen LogP contribution is -1.87. The van der Waals surface area contributed by atoms with Crippen molar-refractivity contribution in [1.29, 1.82) is 5.26 Å². The number of allylic oxidation sites excluding steroid dienone is 1. The lowest BCUT2D eigenvalue weighted by molar-refractivity contribution is 0.624. The maximum Gasteiger partial charge on any atom is 0.131 e. The van der Waals surface area contributed by atoms with Crippen LogP contribution in [0, 0.1) is 17.1 Å². The van der Waals surface area contributed by atoms with E-state index in [0.29, 0.717) is 11.1 Å². The molecule has 0 radical (unpaired) electrons. The molecule has 0 heterocycles. The molecule has 0 bridgehead atoms. The SMILES string of the molecule is N#C/C(=C/c1ccccc1)c1ccccc1F. The van der Waals surface area contributed by atoms with Gasteiger partial charge < -0.3 is 0 Å². The minimum atomic E-state index is -0.378. The number of nitrogens with zero attached hydrogens (tertiary/aromatic N) is 1. The molecule has 1 nitrogen and oxygen atoms in total. The number of halogens is 1. The minimum absolute atomic E-state index is 0.328. The first kappa shape index (κ1) is 11.1. The summed E-state index contributed by atoms with van der Waals surface area (Å²) in [6.45, 7) is 0. The van der Waals surface area contributed by atoms with Gasteiger partial charge in [0.2, 0.25) is 0 Å². The van der Waals surface area contributed by atoms with Crippen LogP contribution < -0.4 is 0 Å². The van der Waals surface area contributed by atoms with Crippen molar-refractivity contribution in [2.75, 3.05) is 0 Å². The zero-order valence-electron chi connectivity index (χ0n) is 9.10. The van der Waals surface area contributed by atoms with Crippen molar-refractivity contribution >= 4 is 11.6 Å². The third kappa shape index (κ3) is 2.59. The van der Waals surface area contributed by atoms with Crippen LogP contribution in [0.4, 0.5) is 4.39 Å².